The van der Waals surface area contributed by atoms with Gasteiger partial charge in [-0.2, -0.15) is 0 Å². The summed E-state index contributed by atoms with van der Waals surface area (Å²) in [5.41, 5.74) is 0.334. The SMILES string of the molecule is CCC1(c2ccccc2)NC(=O)N(CC(=O)Nc2nc(-c3cccs3)cs2)C1=O. The molecule has 1 fully saturated rings. The highest BCUT2D eigenvalue weighted by Crippen LogP contribution is 2.32. The molecule has 4 rings (SSSR count). The standard InChI is InChI=1S/C20H18N4O3S2/c1-2-20(13-7-4-3-5-8-13)17(26)24(19(27)23-20)11-16(25)22-18-21-14(12-29-18)15-9-6-10-28-15/h3-10,12H,2,11H2,1H3,(H,23,27)(H,21,22,25). The smallest absolute Gasteiger partial charge is 0.319 e. The maximum atomic E-state index is 13.1. The maximum absolute atomic E-state index is 13.1. The Kier molecular flexibility index (Phi) is 5.16. The molecule has 0 spiro atoms. The van der Waals surface area contributed by atoms with Crippen molar-refractivity contribution in [3.05, 3.63) is 58.8 Å². The number of aromatic nitrogens is 1. The lowest BCUT2D eigenvalue weighted by atomic mass is 9.87. The summed E-state index contributed by atoms with van der Waals surface area (Å²) < 4.78 is 0. The van der Waals surface area contributed by atoms with E-state index in [1.807, 2.05) is 48.0 Å². The Morgan fingerprint density at radius 2 is 1.97 bits per heavy atom. The molecule has 0 radical (unpaired) electrons. The van der Waals surface area contributed by atoms with Gasteiger partial charge in [-0.25, -0.2) is 9.78 Å². The molecule has 0 aliphatic carbocycles. The zero-order valence-corrected chi connectivity index (χ0v) is 17.2. The Bertz CT molecular complexity index is 1050. The number of urea groups is 1. The van der Waals surface area contributed by atoms with Gasteiger partial charge in [0.05, 0.1) is 10.6 Å². The van der Waals surface area contributed by atoms with Crippen LogP contribution in [0.2, 0.25) is 0 Å². The quantitative estimate of drug-likeness (QED) is 0.589. The molecule has 9 heteroatoms. The van der Waals surface area contributed by atoms with E-state index in [1.54, 1.807) is 23.5 Å². The fraction of sp³-hybridized carbons (Fsp3) is 0.200. The van der Waals surface area contributed by atoms with Crippen LogP contribution in [-0.4, -0.2) is 34.3 Å². The monoisotopic (exact) mass is 426 g/mol. The second-order valence-electron chi connectivity index (χ2n) is 6.51. The van der Waals surface area contributed by atoms with E-state index in [0.717, 1.165) is 15.5 Å². The van der Waals surface area contributed by atoms with Gasteiger partial charge in [0, 0.05) is 5.38 Å². The number of hydrogen-bond acceptors (Lipinski definition) is 6. The first-order chi connectivity index (χ1) is 14.0. The fourth-order valence-electron chi connectivity index (χ4n) is 3.30. The van der Waals surface area contributed by atoms with Crippen molar-refractivity contribution in [1.82, 2.24) is 15.2 Å². The molecule has 2 N–H and O–H groups in total. The molecule has 2 aromatic heterocycles. The van der Waals surface area contributed by atoms with E-state index in [9.17, 15) is 14.4 Å². The van der Waals surface area contributed by atoms with Crippen molar-refractivity contribution in [1.29, 1.82) is 0 Å². The van der Waals surface area contributed by atoms with E-state index < -0.39 is 23.4 Å². The van der Waals surface area contributed by atoms with E-state index in [2.05, 4.69) is 15.6 Å². The Morgan fingerprint density at radius 3 is 2.66 bits per heavy atom. The number of hydrogen-bond donors (Lipinski definition) is 2. The molecule has 1 aliphatic rings. The average molecular weight is 427 g/mol. The number of benzene rings is 1. The van der Waals surface area contributed by atoms with Gasteiger partial charge in [-0.3, -0.25) is 14.5 Å². The van der Waals surface area contributed by atoms with Crippen LogP contribution in [0.4, 0.5) is 9.93 Å². The first-order valence-corrected chi connectivity index (χ1v) is 10.8. The van der Waals surface area contributed by atoms with E-state index in [1.165, 1.54) is 11.3 Å². The maximum Gasteiger partial charge on any atom is 0.325 e. The molecule has 3 heterocycles. The highest BCUT2D eigenvalue weighted by atomic mass is 32.1. The van der Waals surface area contributed by atoms with Crippen LogP contribution in [0, 0.1) is 0 Å². The van der Waals surface area contributed by atoms with Gasteiger partial charge in [0.15, 0.2) is 5.13 Å². The summed E-state index contributed by atoms with van der Waals surface area (Å²) >= 11 is 2.86. The molecule has 29 heavy (non-hydrogen) atoms. The third kappa shape index (κ3) is 3.54. The van der Waals surface area contributed by atoms with Gasteiger partial charge in [-0.1, -0.05) is 43.3 Å². The molecule has 4 amide bonds. The third-order valence-electron chi connectivity index (χ3n) is 4.80. The van der Waals surface area contributed by atoms with Crippen LogP contribution >= 0.6 is 22.7 Å². The van der Waals surface area contributed by atoms with Crippen LogP contribution in [0.3, 0.4) is 0 Å². The number of anilines is 1. The van der Waals surface area contributed by atoms with Gasteiger partial charge in [-0.05, 0) is 23.4 Å². The van der Waals surface area contributed by atoms with Crippen LogP contribution in [0.25, 0.3) is 10.6 Å². The number of nitrogens with zero attached hydrogens (tertiary/aromatic N) is 2. The minimum Gasteiger partial charge on any atom is -0.319 e. The predicted molar refractivity (Wildman–Crippen MR) is 113 cm³/mol. The van der Waals surface area contributed by atoms with Crippen molar-refractivity contribution in [2.24, 2.45) is 0 Å². The fourth-order valence-corrected chi connectivity index (χ4v) is 4.79. The number of nitrogens with one attached hydrogen (secondary N) is 2. The van der Waals surface area contributed by atoms with Crippen LogP contribution in [0.1, 0.15) is 18.9 Å². The van der Waals surface area contributed by atoms with Gasteiger partial charge >= 0.3 is 6.03 Å². The normalized spacial score (nSPS) is 18.7. The molecular formula is C20H18N4O3S2. The average Bonchev–Trinajstić information content (AvgIpc) is 3.46. The number of amides is 4. The van der Waals surface area contributed by atoms with Crippen LogP contribution in [0.5, 0.6) is 0 Å². The molecule has 1 saturated heterocycles. The van der Waals surface area contributed by atoms with Crippen LogP contribution < -0.4 is 10.6 Å². The molecule has 1 aliphatic heterocycles. The minimum atomic E-state index is -1.15. The zero-order valence-electron chi connectivity index (χ0n) is 15.5. The van der Waals surface area contributed by atoms with Gasteiger partial charge in [0.25, 0.3) is 5.91 Å². The van der Waals surface area contributed by atoms with Crippen molar-refractivity contribution >= 4 is 45.7 Å². The largest absolute Gasteiger partial charge is 0.325 e. The van der Waals surface area contributed by atoms with Crippen molar-refractivity contribution in [3.63, 3.8) is 0 Å². The van der Waals surface area contributed by atoms with Crippen LogP contribution in [0.15, 0.2) is 53.2 Å². The van der Waals surface area contributed by atoms with Crippen molar-refractivity contribution < 1.29 is 14.4 Å². The number of thiazole rings is 1. The summed E-state index contributed by atoms with van der Waals surface area (Å²) in [7, 11) is 0. The highest BCUT2D eigenvalue weighted by molar-refractivity contribution is 7.16. The number of imide groups is 1. The lowest BCUT2D eigenvalue weighted by Gasteiger charge is -2.25. The zero-order chi connectivity index (χ0) is 20.4. The molecule has 3 aromatic rings. The Hall–Kier alpha value is -3.04. The molecule has 0 saturated carbocycles. The van der Waals surface area contributed by atoms with Crippen LogP contribution in [-0.2, 0) is 15.1 Å². The number of carbonyl (C=O) groups excluding carboxylic acids is 3. The summed E-state index contributed by atoms with van der Waals surface area (Å²) in [6, 6.07) is 12.4. The molecular weight excluding hydrogens is 408 g/mol. The summed E-state index contributed by atoms with van der Waals surface area (Å²) in [4.78, 5) is 44.4. The van der Waals surface area contributed by atoms with E-state index in [-0.39, 0.29) is 6.54 Å². The summed E-state index contributed by atoms with van der Waals surface area (Å²) in [5.74, 6) is -0.898. The Morgan fingerprint density at radius 1 is 1.17 bits per heavy atom. The summed E-state index contributed by atoms with van der Waals surface area (Å²) in [5, 5.41) is 9.68. The van der Waals surface area contributed by atoms with Crippen molar-refractivity contribution in [2.75, 3.05) is 11.9 Å². The summed E-state index contributed by atoms with van der Waals surface area (Å²) in [6.07, 6.45) is 0.385. The number of rotatable bonds is 6. The van der Waals surface area contributed by atoms with E-state index in [0.29, 0.717) is 17.1 Å². The van der Waals surface area contributed by atoms with Gasteiger partial charge in [0.1, 0.15) is 12.1 Å². The number of thiophene rings is 1. The molecule has 1 unspecified atom stereocenters. The third-order valence-corrected chi connectivity index (χ3v) is 6.45. The molecule has 7 nitrogen and oxygen atoms in total. The molecule has 1 atom stereocenters. The lowest BCUT2D eigenvalue weighted by molar-refractivity contribution is -0.134. The first kappa shape index (κ1) is 19.3. The topological polar surface area (TPSA) is 91.4 Å². The van der Waals surface area contributed by atoms with E-state index in [4.69, 9.17) is 0 Å². The highest BCUT2D eigenvalue weighted by Gasteiger charge is 2.51. The second-order valence-corrected chi connectivity index (χ2v) is 8.32. The first-order valence-electron chi connectivity index (χ1n) is 9.02. The number of carbonyl (C=O) groups is 3. The van der Waals surface area contributed by atoms with E-state index >= 15 is 0 Å². The molecule has 1 aromatic carbocycles. The molecule has 148 valence electrons. The predicted octanol–water partition coefficient (Wildman–Crippen LogP) is 3.67. The van der Waals surface area contributed by atoms with Gasteiger partial charge in [0.2, 0.25) is 5.91 Å². The minimum absolute atomic E-state index is 0.368. The second kappa shape index (κ2) is 7.76. The van der Waals surface area contributed by atoms with Gasteiger partial charge in [-0.15, -0.1) is 22.7 Å². The molecule has 0 bridgehead atoms. The van der Waals surface area contributed by atoms with Gasteiger partial charge < -0.3 is 10.6 Å². The van der Waals surface area contributed by atoms with Crippen molar-refractivity contribution in [3.8, 4) is 10.6 Å². The summed E-state index contributed by atoms with van der Waals surface area (Å²) in [6.45, 7) is 1.46. The lowest BCUT2D eigenvalue weighted by Crippen LogP contribution is -2.44. The Balaban J connectivity index is 1.47. The van der Waals surface area contributed by atoms with Crippen molar-refractivity contribution in [2.45, 2.75) is 18.9 Å². The Labute approximate surface area is 175 Å².